The molecule has 1 aromatic rings. The summed E-state index contributed by atoms with van der Waals surface area (Å²) in [6, 6.07) is 2.87. The number of methoxy groups -OCH3 is 1. The molecule has 0 fully saturated rings. The molecule has 0 saturated carbocycles. The number of hydrogen-bond acceptors (Lipinski definition) is 6. The van der Waals surface area contributed by atoms with Gasteiger partial charge >= 0.3 is 5.97 Å². The Morgan fingerprint density at radius 3 is 2.61 bits per heavy atom. The molecule has 18 heavy (non-hydrogen) atoms. The fraction of sp³-hybridized carbons (Fsp3) is 0.364. The predicted octanol–water partition coefficient (Wildman–Crippen LogP) is 0.636. The van der Waals surface area contributed by atoms with Crippen molar-refractivity contribution in [2.24, 2.45) is 0 Å². The number of aliphatic hydroxyl groups is 2. The van der Waals surface area contributed by atoms with Crippen molar-refractivity contribution in [1.29, 1.82) is 0 Å². The summed E-state index contributed by atoms with van der Waals surface area (Å²) in [6.45, 7) is 0.0603. The highest BCUT2D eigenvalue weighted by Crippen LogP contribution is 2.39. The number of carbonyl (C=O) groups excluding carboxylic acids is 1. The first-order chi connectivity index (χ1) is 8.54. The van der Waals surface area contributed by atoms with Crippen LogP contribution in [0.25, 0.3) is 0 Å². The van der Waals surface area contributed by atoms with Crippen molar-refractivity contribution < 1.29 is 29.2 Å². The van der Waals surface area contributed by atoms with E-state index in [1.165, 1.54) is 12.1 Å². The van der Waals surface area contributed by atoms with Crippen LogP contribution in [0.15, 0.2) is 12.1 Å². The Kier molecular flexibility index (Phi) is 3.60. The van der Waals surface area contributed by atoms with E-state index in [1.54, 1.807) is 0 Å². The summed E-state index contributed by atoms with van der Waals surface area (Å²) in [6.07, 6.45) is -3.22. The molecule has 7 heteroatoms. The van der Waals surface area contributed by atoms with Crippen molar-refractivity contribution in [1.82, 2.24) is 0 Å². The molecule has 1 aliphatic heterocycles. The third-order valence-corrected chi connectivity index (χ3v) is 2.88. The summed E-state index contributed by atoms with van der Waals surface area (Å²) in [5.74, 6) is -0.106. The Labute approximate surface area is 108 Å². The maximum Gasteiger partial charge on any atom is 0.337 e. The van der Waals surface area contributed by atoms with Gasteiger partial charge in [0, 0.05) is 11.6 Å². The van der Waals surface area contributed by atoms with Gasteiger partial charge in [-0.2, -0.15) is 0 Å². The highest BCUT2D eigenvalue weighted by molar-refractivity contribution is 6.31. The van der Waals surface area contributed by atoms with E-state index in [9.17, 15) is 15.0 Å². The highest BCUT2D eigenvalue weighted by Gasteiger charge is 2.30. The zero-order valence-corrected chi connectivity index (χ0v) is 10.2. The SMILES string of the molecule is COC(=O)C(O)C(O)c1cc2c(cc1Cl)OCO2. The number of benzene rings is 1. The summed E-state index contributed by atoms with van der Waals surface area (Å²) in [4.78, 5) is 11.1. The third kappa shape index (κ3) is 2.22. The molecule has 2 N–H and O–H groups in total. The number of halogens is 1. The molecule has 2 atom stereocenters. The second kappa shape index (κ2) is 5.01. The van der Waals surface area contributed by atoms with Crippen LogP contribution in [0, 0.1) is 0 Å². The topological polar surface area (TPSA) is 85.2 Å². The smallest absolute Gasteiger partial charge is 0.337 e. The molecule has 0 saturated heterocycles. The van der Waals surface area contributed by atoms with Crippen molar-refractivity contribution in [3.8, 4) is 11.5 Å². The minimum atomic E-state index is -1.71. The first-order valence-corrected chi connectivity index (χ1v) is 5.45. The molecule has 0 aromatic heterocycles. The largest absolute Gasteiger partial charge is 0.467 e. The van der Waals surface area contributed by atoms with Crippen LogP contribution in [0.4, 0.5) is 0 Å². The molecule has 6 nitrogen and oxygen atoms in total. The molecule has 0 bridgehead atoms. The maximum absolute atomic E-state index is 11.1. The first-order valence-electron chi connectivity index (χ1n) is 5.07. The van der Waals surface area contributed by atoms with Gasteiger partial charge in [0.1, 0.15) is 6.10 Å². The van der Waals surface area contributed by atoms with E-state index in [1.807, 2.05) is 0 Å². The minimum Gasteiger partial charge on any atom is -0.467 e. The average molecular weight is 275 g/mol. The van der Waals surface area contributed by atoms with Crippen LogP contribution in [0.2, 0.25) is 5.02 Å². The van der Waals surface area contributed by atoms with Crippen LogP contribution in [-0.2, 0) is 9.53 Å². The molecule has 0 radical (unpaired) electrons. The fourth-order valence-corrected chi connectivity index (χ4v) is 1.84. The van der Waals surface area contributed by atoms with E-state index < -0.39 is 18.2 Å². The lowest BCUT2D eigenvalue weighted by atomic mass is 10.0. The quantitative estimate of drug-likeness (QED) is 0.787. The average Bonchev–Trinajstić information content (AvgIpc) is 2.82. The van der Waals surface area contributed by atoms with Crippen molar-refractivity contribution in [2.75, 3.05) is 13.9 Å². The number of carbonyl (C=O) groups is 1. The van der Waals surface area contributed by atoms with Crippen LogP contribution < -0.4 is 9.47 Å². The number of aliphatic hydroxyl groups excluding tert-OH is 2. The van der Waals surface area contributed by atoms with Gasteiger partial charge in [-0.3, -0.25) is 0 Å². The number of fused-ring (bicyclic) bond motifs is 1. The molecule has 0 amide bonds. The normalized spacial score (nSPS) is 16.2. The number of hydrogen-bond donors (Lipinski definition) is 2. The van der Waals surface area contributed by atoms with Gasteiger partial charge in [0.05, 0.1) is 12.1 Å². The lowest BCUT2D eigenvalue weighted by Crippen LogP contribution is -2.29. The molecule has 2 rings (SSSR count). The van der Waals surface area contributed by atoms with Gasteiger partial charge < -0.3 is 24.4 Å². The van der Waals surface area contributed by atoms with E-state index in [0.717, 1.165) is 7.11 Å². The van der Waals surface area contributed by atoms with Gasteiger partial charge in [-0.25, -0.2) is 4.79 Å². The molecular weight excluding hydrogens is 264 g/mol. The van der Waals surface area contributed by atoms with E-state index in [-0.39, 0.29) is 17.4 Å². The monoisotopic (exact) mass is 274 g/mol. The van der Waals surface area contributed by atoms with Gasteiger partial charge in [-0.05, 0) is 6.07 Å². The number of ether oxygens (including phenoxy) is 3. The van der Waals surface area contributed by atoms with Crippen molar-refractivity contribution in [3.05, 3.63) is 22.7 Å². The summed E-state index contributed by atoms with van der Waals surface area (Å²) in [5, 5.41) is 19.6. The molecule has 0 spiro atoms. The van der Waals surface area contributed by atoms with Crippen molar-refractivity contribution in [3.63, 3.8) is 0 Å². The fourth-order valence-electron chi connectivity index (χ4n) is 1.58. The van der Waals surface area contributed by atoms with Crippen LogP contribution in [0.3, 0.4) is 0 Å². The van der Waals surface area contributed by atoms with E-state index in [2.05, 4.69) is 4.74 Å². The van der Waals surface area contributed by atoms with Gasteiger partial charge in [0.2, 0.25) is 6.79 Å². The number of esters is 1. The molecule has 1 heterocycles. The van der Waals surface area contributed by atoms with Gasteiger partial charge in [-0.15, -0.1) is 0 Å². The van der Waals surface area contributed by atoms with Gasteiger partial charge in [0.15, 0.2) is 17.6 Å². The standard InChI is InChI=1S/C11H11ClO6/c1-16-11(15)10(14)9(13)5-2-7-8(3-6(5)12)18-4-17-7/h2-3,9-10,13-14H,4H2,1H3. The third-order valence-electron chi connectivity index (χ3n) is 2.55. The molecule has 1 aliphatic rings. The Balaban J connectivity index is 2.30. The van der Waals surface area contributed by atoms with Crippen molar-refractivity contribution >= 4 is 17.6 Å². The number of rotatable bonds is 3. The van der Waals surface area contributed by atoms with Crippen LogP contribution >= 0.6 is 11.6 Å². The van der Waals surface area contributed by atoms with Gasteiger partial charge in [-0.1, -0.05) is 11.6 Å². The van der Waals surface area contributed by atoms with E-state index >= 15 is 0 Å². The summed E-state index contributed by atoms with van der Waals surface area (Å²) < 4.78 is 14.6. The van der Waals surface area contributed by atoms with Crippen LogP contribution in [-0.4, -0.2) is 36.2 Å². The second-order valence-electron chi connectivity index (χ2n) is 3.64. The minimum absolute atomic E-state index is 0.0603. The highest BCUT2D eigenvalue weighted by atomic mass is 35.5. The zero-order chi connectivity index (χ0) is 13.3. The first kappa shape index (κ1) is 12.9. The predicted molar refractivity (Wildman–Crippen MR) is 60.6 cm³/mol. The maximum atomic E-state index is 11.1. The van der Waals surface area contributed by atoms with Crippen molar-refractivity contribution in [2.45, 2.75) is 12.2 Å². The van der Waals surface area contributed by atoms with Crippen LogP contribution in [0.1, 0.15) is 11.7 Å². The van der Waals surface area contributed by atoms with Crippen LogP contribution in [0.5, 0.6) is 11.5 Å². The summed E-state index contributed by atoms with van der Waals surface area (Å²) in [5.41, 5.74) is 0.166. The Hall–Kier alpha value is -1.50. The van der Waals surface area contributed by atoms with E-state index in [4.69, 9.17) is 21.1 Å². The molecule has 1 aromatic carbocycles. The Morgan fingerprint density at radius 1 is 1.39 bits per heavy atom. The summed E-state index contributed by atoms with van der Waals surface area (Å²) >= 11 is 5.94. The lowest BCUT2D eigenvalue weighted by Gasteiger charge is -2.17. The van der Waals surface area contributed by atoms with E-state index in [0.29, 0.717) is 11.5 Å². The molecule has 2 unspecified atom stereocenters. The Bertz CT molecular complexity index is 475. The lowest BCUT2D eigenvalue weighted by molar-refractivity contribution is -0.156. The Morgan fingerprint density at radius 2 is 2.00 bits per heavy atom. The molecule has 0 aliphatic carbocycles. The zero-order valence-electron chi connectivity index (χ0n) is 9.42. The summed E-state index contributed by atoms with van der Waals surface area (Å²) in [7, 11) is 1.11. The molecule has 98 valence electrons. The second-order valence-corrected chi connectivity index (χ2v) is 4.05. The molecular formula is C11H11ClO6. The van der Waals surface area contributed by atoms with Gasteiger partial charge in [0.25, 0.3) is 0 Å².